The van der Waals surface area contributed by atoms with Gasteiger partial charge in [-0.3, -0.25) is 0 Å². The van der Waals surface area contributed by atoms with Gasteiger partial charge in [-0.05, 0) is 40.8 Å². The van der Waals surface area contributed by atoms with E-state index in [-0.39, 0.29) is 5.41 Å². The van der Waals surface area contributed by atoms with Crippen LogP contribution in [0.15, 0.2) is 60.7 Å². The largest absolute Gasteiger partial charge is 0.0696 e. The van der Waals surface area contributed by atoms with Crippen molar-refractivity contribution in [1.29, 1.82) is 0 Å². The highest BCUT2D eigenvalue weighted by Crippen LogP contribution is 2.22. The van der Waals surface area contributed by atoms with E-state index in [0.717, 1.165) is 5.56 Å². The van der Waals surface area contributed by atoms with E-state index in [2.05, 4.69) is 56.9 Å². The maximum absolute atomic E-state index is 3.11. The smallest absolute Gasteiger partial charge is 0.0248 e. The quantitative estimate of drug-likeness (QED) is 0.629. The van der Waals surface area contributed by atoms with Gasteiger partial charge in [0, 0.05) is 5.56 Å². The van der Waals surface area contributed by atoms with Gasteiger partial charge in [0.1, 0.15) is 0 Å². The summed E-state index contributed by atoms with van der Waals surface area (Å²) in [5, 5.41) is 0. The summed E-state index contributed by atoms with van der Waals surface area (Å²) in [6.45, 7) is 6.68. The lowest BCUT2D eigenvalue weighted by Crippen LogP contribution is -2.10. The van der Waals surface area contributed by atoms with E-state index in [1.165, 1.54) is 11.1 Å². The summed E-state index contributed by atoms with van der Waals surface area (Å²) in [6, 6.07) is 18.7. The van der Waals surface area contributed by atoms with E-state index in [1.807, 2.05) is 42.5 Å². The summed E-state index contributed by atoms with van der Waals surface area (Å²) in [6.07, 6.45) is 3.95. The molecule has 0 heteroatoms. The maximum Gasteiger partial charge on any atom is 0.0248 e. The molecule has 0 aliphatic rings. The first kappa shape index (κ1) is 14.2. The molecule has 0 bridgehead atoms. The second-order valence-corrected chi connectivity index (χ2v) is 5.84. The van der Waals surface area contributed by atoms with Crippen molar-refractivity contribution in [3.05, 3.63) is 77.4 Å². The molecule has 0 amide bonds. The highest BCUT2D eigenvalue weighted by Gasteiger charge is 2.12. The van der Waals surface area contributed by atoms with Gasteiger partial charge in [-0.2, -0.15) is 0 Å². The third kappa shape index (κ3) is 4.14. The monoisotopic (exact) mass is 260 g/mol. The van der Waals surface area contributed by atoms with Crippen molar-refractivity contribution in [3.63, 3.8) is 0 Å². The number of allylic oxidation sites excluding steroid dienone is 1. The van der Waals surface area contributed by atoms with Crippen LogP contribution in [0.4, 0.5) is 0 Å². The van der Waals surface area contributed by atoms with Gasteiger partial charge in [0.15, 0.2) is 0 Å². The third-order valence-corrected chi connectivity index (χ3v) is 3.13. The Morgan fingerprint density at radius 3 is 2.10 bits per heavy atom. The van der Waals surface area contributed by atoms with Gasteiger partial charge in [-0.15, -0.1) is 0 Å². The van der Waals surface area contributed by atoms with Crippen molar-refractivity contribution in [3.8, 4) is 11.8 Å². The fourth-order valence-corrected chi connectivity index (χ4v) is 1.88. The molecular weight excluding hydrogens is 240 g/mol. The molecule has 2 rings (SSSR count). The second-order valence-electron chi connectivity index (χ2n) is 5.84. The summed E-state index contributed by atoms with van der Waals surface area (Å²) < 4.78 is 0. The first-order chi connectivity index (χ1) is 9.55. The Balaban J connectivity index is 2.04. The van der Waals surface area contributed by atoms with Crippen LogP contribution in [0.3, 0.4) is 0 Å². The lowest BCUT2D eigenvalue weighted by Gasteiger charge is -2.18. The van der Waals surface area contributed by atoms with Gasteiger partial charge >= 0.3 is 0 Å². The number of benzene rings is 2. The second kappa shape index (κ2) is 6.26. The Kier molecular flexibility index (Phi) is 4.43. The van der Waals surface area contributed by atoms with Gasteiger partial charge in [-0.25, -0.2) is 0 Å². The maximum atomic E-state index is 3.11. The molecule has 0 heterocycles. The van der Waals surface area contributed by atoms with Crippen molar-refractivity contribution < 1.29 is 0 Å². The molecule has 0 aliphatic carbocycles. The van der Waals surface area contributed by atoms with E-state index in [4.69, 9.17) is 0 Å². The molecule has 0 saturated heterocycles. The molecule has 2 aromatic rings. The zero-order valence-corrected chi connectivity index (χ0v) is 12.4. The molecule has 20 heavy (non-hydrogen) atoms. The van der Waals surface area contributed by atoms with Crippen molar-refractivity contribution in [2.24, 2.45) is 0 Å². The Morgan fingerprint density at radius 1 is 0.850 bits per heavy atom. The average molecular weight is 260 g/mol. The fourth-order valence-electron chi connectivity index (χ4n) is 1.88. The van der Waals surface area contributed by atoms with Gasteiger partial charge in [0.2, 0.25) is 0 Å². The van der Waals surface area contributed by atoms with Crippen LogP contribution in [-0.2, 0) is 5.41 Å². The predicted molar refractivity (Wildman–Crippen MR) is 87.5 cm³/mol. The fraction of sp³-hybridized carbons (Fsp3) is 0.200. The molecule has 0 unspecified atom stereocenters. The topological polar surface area (TPSA) is 0 Å². The standard InChI is InChI=1S/C20H20/c1-20(2,3)19-15-13-18(14-16-19)12-8-7-11-17-9-5-4-6-10-17/h4-6,8-10,12-16H,1-3H3/b12-8+. The van der Waals surface area contributed by atoms with Gasteiger partial charge < -0.3 is 0 Å². The number of rotatable bonds is 1. The van der Waals surface area contributed by atoms with E-state index in [0.29, 0.717) is 0 Å². The van der Waals surface area contributed by atoms with Crippen molar-refractivity contribution >= 4 is 6.08 Å². The average Bonchev–Trinajstić information content (AvgIpc) is 2.44. The lowest BCUT2D eigenvalue weighted by atomic mass is 9.87. The Morgan fingerprint density at radius 2 is 1.50 bits per heavy atom. The van der Waals surface area contributed by atoms with Crippen LogP contribution in [0.1, 0.15) is 37.5 Å². The van der Waals surface area contributed by atoms with Crippen molar-refractivity contribution in [2.75, 3.05) is 0 Å². The molecule has 0 aromatic heterocycles. The van der Waals surface area contributed by atoms with Crippen LogP contribution in [-0.4, -0.2) is 0 Å². The predicted octanol–water partition coefficient (Wildman–Crippen LogP) is 5.05. The molecule has 0 nitrogen and oxygen atoms in total. The van der Waals surface area contributed by atoms with Crippen LogP contribution < -0.4 is 0 Å². The van der Waals surface area contributed by atoms with E-state index >= 15 is 0 Å². The summed E-state index contributed by atoms with van der Waals surface area (Å²) in [5.41, 5.74) is 3.78. The molecule has 0 fully saturated rings. The van der Waals surface area contributed by atoms with Crippen LogP contribution in [0.2, 0.25) is 0 Å². The summed E-state index contributed by atoms with van der Waals surface area (Å²) in [4.78, 5) is 0. The molecule has 0 N–H and O–H groups in total. The molecule has 0 atom stereocenters. The van der Waals surface area contributed by atoms with E-state index in [1.54, 1.807) is 0 Å². The summed E-state index contributed by atoms with van der Waals surface area (Å²) in [7, 11) is 0. The highest BCUT2D eigenvalue weighted by molar-refractivity contribution is 5.54. The van der Waals surface area contributed by atoms with Crippen LogP contribution in [0.5, 0.6) is 0 Å². The minimum atomic E-state index is 0.204. The molecule has 0 aliphatic heterocycles. The molecule has 100 valence electrons. The minimum Gasteiger partial charge on any atom is -0.0696 e. The third-order valence-electron chi connectivity index (χ3n) is 3.13. The first-order valence-electron chi connectivity index (χ1n) is 6.89. The Hall–Kier alpha value is -2.26. The van der Waals surface area contributed by atoms with Gasteiger partial charge in [-0.1, -0.05) is 75.1 Å². The minimum absolute atomic E-state index is 0.204. The molecule has 2 aromatic carbocycles. The zero-order valence-electron chi connectivity index (χ0n) is 12.4. The number of hydrogen-bond donors (Lipinski definition) is 0. The Labute approximate surface area is 122 Å². The lowest BCUT2D eigenvalue weighted by molar-refractivity contribution is 0.590. The molecule has 0 saturated carbocycles. The highest BCUT2D eigenvalue weighted by atomic mass is 14.2. The summed E-state index contributed by atoms with van der Waals surface area (Å²) in [5.74, 6) is 6.18. The van der Waals surface area contributed by atoms with Crippen molar-refractivity contribution in [2.45, 2.75) is 26.2 Å². The SMILES string of the molecule is CC(C)(C)c1ccc(/C=C/C#Cc2ccccc2)cc1. The normalized spacial score (nSPS) is 11.2. The van der Waals surface area contributed by atoms with Crippen molar-refractivity contribution in [1.82, 2.24) is 0 Å². The number of hydrogen-bond acceptors (Lipinski definition) is 0. The van der Waals surface area contributed by atoms with Gasteiger partial charge in [0.05, 0.1) is 0 Å². The zero-order chi connectivity index (χ0) is 14.4. The van der Waals surface area contributed by atoms with Gasteiger partial charge in [0.25, 0.3) is 0 Å². The Bertz CT molecular complexity index is 626. The van der Waals surface area contributed by atoms with E-state index < -0.39 is 0 Å². The molecule has 0 spiro atoms. The molecule has 0 radical (unpaired) electrons. The molecular formula is C20H20. The van der Waals surface area contributed by atoms with E-state index in [9.17, 15) is 0 Å². The first-order valence-corrected chi connectivity index (χ1v) is 6.89. The van der Waals surface area contributed by atoms with Crippen LogP contribution in [0, 0.1) is 11.8 Å². The van der Waals surface area contributed by atoms with Crippen LogP contribution >= 0.6 is 0 Å². The summed E-state index contributed by atoms with van der Waals surface area (Å²) >= 11 is 0. The van der Waals surface area contributed by atoms with Crippen LogP contribution in [0.25, 0.3) is 6.08 Å².